The van der Waals surface area contributed by atoms with Crippen LogP contribution in [0, 0.1) is 11.6 Å². The van der Waals surface area contributed by atoms with Crippen LogP contribution in [0.15, 0.2) is 54.6 Å². The van der Waals surface area contributed by atoms with Crippen molar-refractivity contribution in [3.63, 3.8) is 0 Å². The molecule has 3 nitrogen and oxygen atoms in total. The van der Waals surface area contributed by atoms with Crippen LogP contribution in [0.4, 0.5) is 14.5 Å². The van der Waals surface area contributed by atoms with Gasteiger partial charge in [-0.25, -0.2) is 8.78 Å². The number of hydrogen-bond donors (Lipinski definition) is 1. The molecule has 1 amide bonds. The first-order valence-corrected chi connectivity index (χ1v) is 7.83. The second-order valence-corrected chi connectivity index (χ2v) is 5.76. The number of amides is 1. The highest BCUT2D eigenvalue weighted by atomic mass is 19.2. The zero-order chi connectivity index (χ0) is 16.9. The van der Waals surface area contributed by atoms with Gasteiger partial charge >= 0.3 is 0 Å². The zero-order valence-corrected chi connectivity index (χ0v) is 13.1. The fraction of sp³-hybridized carbons (Fsp3) is 0.211. The quantitative estimate of drug-likeness (QED) is 0.928. The molecular formula is C19H18F2N2O. The molecule has 0 saturated carbocycles. The van der Waals surface area contributed by atoms with Crippen LogP contribution in [-0.2, 0) is 4.79 Å². The molecule has 1 heterocycles. The summed E-state index contributed by atoms with van der Waals surface area (Å²) in [6.07, 6.45) is 3.01. The van der Waals surface area contributed by atoms with E-state index in [1.165, 1.54) is 17.2 Å². The van der Waals surface area contributed by atoms with Gasteiger partial charge in [0.05, 0.1) is 6.54 Å². The Morgan fingerprint density at radius 1 is 1.08 bits per heavy atom. The topological polar surface area (TPSA) is 32.3 Å². The van der Waals surface area contributed by atoms with Gasteiger partial charge in [-0.1, -0.05) is 36.4 Å². The van der Waals surface area contributed by atoms with Crippen LogP contribution in [0.25, 0.3) is 5.57 Å². The minimum atomic E-state index is -0.971. The van der Waals surface area contributed by atoms with Gasteiger partial charge in [0.1, 0.15) is 0 Å². The van der Waals surface area contributed by atoms with Crippen molar-refractivity contribution in [3.05, 3.63) is 71.8 Å². The molecule has 0 fully saturated rings. The number of anilines is 1. The third-order valence-electron chi connectivity index (χ3n) is 4.01. The highest BCUT2D eigenvalue weighted by Crippen LogP contribution is 2.22. The maximum Gasteiger partial charge on any atom is 0.238 e. The van der Waals surface area contributed by atoms with Gasteiger partial charge in [0, 0.05) is 24.8 Å². The largest absolute Gasteiger partial charge is 0.325 e. The number of carbonyl (C=O) groups excluding carboxylic acids is 1. The number of nitrogens with one attached hydrogen (secondary N) is 1. The van der Waals surface area contributed by atoms with Crippen molar-refractivity contribution in [1.29, 1.82) is 0 Å². The fourth-order valence-corrected chi connectivity index (χ4v) is 2.75. The molecule has 0 unspecified atom stereocenters. The van der Waals surface area contributed by atoms with Crippen LogP contribution in [-0.4, -0.2) is 30.4 Å². The molecule has 0 saturated heterocycles. The Hall–Kier alpha value is -2.53. The molecular weight excluding hydrogens is 310 g/mol. The highest BCUT2D eigenvalue weighted by Gasteiger charge is 2.16. The lowest BCUT2D eigenvalue weighted by atomic mass is 10.00. The Bertz CT molecular complexity index is 759. The Balaban J connectivity index is 1.54. The van der Waals surface area contributed by atoms with E-state index >= 15 is 0 Å². The molecule has 0 bridgehead atoms. The van der Waals surface area contributed by atoms with Gasteiger partial charge in [-0.15, -0.1) is 0 Å². The normalized spacial score (nSPS) is 15.0. The zero-order valence-electron chi connectivity index (χ0n) is 13.1. The SMILES string of the molecule is O=C(CN1CC=C(c2ccccc2)CC1)Nc1ccc(F)c(F)c1. The summed E-state index contributed by atoms with van der Waals surface area (Å²) in [5.41, 5.74) is 2.76. The number of carbonyl (C=O) groups is 1. The van der Waals surface area contributed by atoms with Crippen molar-refractivity contribution in [3.8, 4) is 0 Å². The van der Waals surface area contributed by atoms with Crippen LogP contribution in [0.3, 0.4) is 0 Å². The lowest BCUT2D eigenvalue weighted by Gasteiger charge is -2.25. The van der Waals surface area contributed by atoms with E-state index in [1.54, 1.807) is 0 Å². The van der Waals surface area contributed by atoms with Gasteiger partial charge in [0.25, 0.3) is 0 Å². The molecule has 24 heavy (non-hydrogen) atoms. The van der Waals surface area contributed by atoms with Crippen molar-refractivity contribution in [2.45, 2.75) is 6.42 Å². The van der Waals surface area contributed by atoms with E-state index < -0.39 is 11.6 Å². The van der Waals surface area contributed by atoms with E-state index in [1.807, 2.05) is 23.1 Å². The third kappa shape index (κ3) is 4.06. The van der Waals surface area contributed by atoms with Gasteiger partial charge in [-0.05, 0) is 29.7 Å². The first kappa shape index (κ1) is 16.3. The predicted molar refractivity (Wildman–Crippen MR) is 90.5 cm³/mol. The Morgan fingerprint density at radius 3 is 2.54 bits per heavy atom. The molecule has 2 aromatic carbocycles. The van der Waals surface area contributed by atoms with Crippen molar-refractivity contribution < 1.29 is 13.6 Å². The van der Waals surface area contributed by atoms with E-state index in [-0.39, 0.29) is 18.1 Å². The van der Waals surface area contributed by atoms with Crippen LogP contribution in [0.5, 0.6) is 0 Å². The van der Waals surface area contributed by atoms with E-state index in [4.69, 9.17) is 0 Å². The number of rotatable bonds is 4. The van der Waals surface area contributed by atoms with E-state index in [0.717, 1.165) is 25.1 Å². The number of benzene rings is 2. The predicted octanol–water partition coefficient (Wildman–Crippen LogP) is 3.69. The molecule has 0 radical (unpaired) electrons. The van der Waals surface area contributed by atoms with E-state index in [2.05, 4.69) is 23.5 Å². The number of halogens is 2. The maximum atomic E-state index is 13.1. The van der Waals surface area contributed by atoms with Crippen molar-refractivity contribution in [1.82, 2.24) is 4.90 Å². The van der Waals surface area contributed by atoms with Gasteiger partial charge in [-0.2, -0.15) is 0 Å². The molecule has 5 heteroatoms. The Labute approximate surface area is 139 Å². The average Bonchev–Trinajstić information content (AvgIpc) is 2.59. The molecule has 2 aromatic rings. The summed E-state index contributed by atoms with van der Waals surface area (Å²) in [4.78, 5) is 14.1. The molecule has 124 valence electrons. The fourth-order valence-electron chi connectivity index (χ4n) is 2.75. The molecule has 1 N–H and O–H groups in total. The van der Waals surface area contributed by atoms with Crippen molar-refractivity contribution >= 4 is 17.2 Å². The van der Waals surface area contributed by atoms with Gasteiger partial charge in [0.15, 0.2) is 11.6 Å². The monoisotopic (exact) mass is 328 g/mol. The molecule has 0 aromatic heterocycles. The average molecular weight is 328 g/mol. The first-order valence-electron chi connectivity index (χ1n) is 7.83. The minimum absolute atomic E-state index is 0.220. The van der Waals surface area contributed by atoms with Gasteiger partial charge in [-0.3, -0.25) is 9.69 Å². The van der Waals surface area contributed by atoms with Crippen molar-refractivity contribution in [2.75, 3.05) is 25.0 Å². The molecule has 3 rings (SSSR count). The molecule has 0 aliphatic carbocycles. The molecule has 0 atom stereocenters. The van der Waals surface area contributed by atoms with Crippen molar-refractivity contribution in [2.24, 2.45) is 0 Å². The van der Waals surface area contributed by atoms with E-state index in [0.29, 0.717) is 6.54 Å². The van der Waals surface area contributed by atoms with E-state index in [9.17, 15) is 13.6 Å². The smallest absolute Gasteiger partial charge is 0.238 e. The lowest BCUT2D eigenvalue weighted by molar-refractivity contribution is -0.117. The summed E-state index contributed by atoms with van der Waals surface area (Å²) >= 11 is 0. The summed E-state index contributed by atoms with van der Waals surface area (Å²) in [7, 11) is 0. The molecule has 1 aliphatic rings. The summed E-state index contributed by atoms with van der Waals surface area (Å²) in [5, 5.41) is 2.59. The summed E-state index contributed by atoms with van der Waals surface area (Å²) < 4.78 is 26.0. The Kier molecular flexibility index (Phi) is 5.01. The maximum absolute atomic E-state index is 13.1. The Morgan fingerprint density at radius 2 is 1.88 bits per heavy atom. The van der Waals surface area contributed by atoms with Crippen LogP contribution in [0.2, 0.25) is 0 Å². The summed E-state index contributed by atoms with van der Waals surface area (Å²) in [6.45, 7) is 1.69. The van der Waals surface area contributed by atoms with Crippen LogP contribution >= 0.6 is 0 Å². The van der Waals surface area contributed by atoms with Gasteiger partial charge in [0.2, 0.25) is 5.91 Å². The van der Waals surface area contributed by atoms with Crippen LogP contribution in [0.1, 0.15) is 12.0 Å². The molecule has 0 spiro atoms. The standard InChI is InChI=1S/C19H18F2N2O/c20-17-7-6-16(12-18(17)21)22-19(24)13-23-10-8-15(9-11-23)14-4-2-1-3-5-14/h1-8,12H,9-11,13H2,(H,22,24). The first-order chi connectivity index (χ1) is 11.6. The van der Waals surface area contributed by atoms with Crippen LogP contribution < -0.4 is 5.32 Å². The summed E-state index contributed by atoms with van der Waals surface area (Å²) in [6, 6.07) is 13.5. The molecule has 1 aliphatic heterocycles. The highest BCUT2D eigenvalue weighted by molar-refractivity contribution is 5.92. The minimum Gasteiger partial charge on any atom is -0.325 e. The number of hydrogen-bond acceptors (Lipinski definition) is 2. The summed E-state index contributed by atoms with van der Waals surface area (Å²) in [5.74, 6) is -2.14. The lowest BCUT2D eigenvalue weighted by Crippen LogP contribution is -2.36. The third-order valence-corrected chi connectivity index (χ3v) is 4.01. The second-order valence-electron chi connectivity index (χ2n) is 5.76. The number of nitrogens with zero attached hydrogens (tertiary/aromatic N) is 1. The van der Waals surface area contributed by atoms with Gasteiger partial charge < -0.3 is 5.32 Å². The second kappa shape index (κ2) is 7.36.